The van der Waals surface area contributed by atoms with E-state index in [2.05, 4.69) is 15.3 Å². The van der Waals surface area contributed by atoms with E-state index in [0.29, 0.717) is 0 Å². The number of aliphatic imine (C=N–C) groups is 1. The van der Waals surface area contributed by atoms with E-state index in [1.165, 1.54) is 6.34 Å². The third-order valence-electron chi connectivity index (χ3n) is 1.51. The first kappa shape index (κ1) is 7.51. The van der Waals surface area contributed by atoms with E-state index in [0.717, 1.165) is 6.33 Å². The molecule has 0 saturated carbocycles. The Hall–Kier alpha value is -1.14. The maximum Gasteiger partial charge on any atom is 0.233 e. The first-order chi connectivity index (χ1) is 5.61. The van der Waals surface area contributed by atoms with Gasteiger partial charge >= 0.3 is 0 Å². The lowest BCUT2D eigenvalue weighted by atomic mass is 10.3. The van der Waals surface area contributed by atoms with Crippen LogP contribution in [0.25, 0.3) is 0 Å². The number of nitrogens with one attached hydrogen (secondary N) is 1. The Morgan fingerprint density at radius 1 is 1.75 bits per heavy atom. The highest BCUT2D eigenvalue weighted by molar-refractivity contribution is 6.24. The Bertz CT molecular complexity index is 344. The van der Waals surface area contributed by atoms with Crippen LogP contribution in [0.15, 0.2) is 11.3 Å². The van der Waals surface area contributed by atoms with Gasteiger partial charge in [-0.25, -0.2) is 9.98 Å². The van der Waals surface area contributed by atoms with Gasteiger partial charge in [0, 0.05) is 0 Å². The van der Waals surface area contributed by atoms with E-state index in [1.807, 2.05) is 0 Å². The molecule has 3 N–H and O–H groups in total. The molecule has 1 unspecified atom stereocenters. The molecule has 1 atom stereocenters. The first-order valence-electron chi connectivity index (χ1n) is 3.13. The van der Waals surface area contributed by atoms with Crippen LogP contribution in [0, 0.1) is 0 Å². The molecule has 0 amide bonds. The zero-order valence-corrected chi connectivity index (χ0v) is 6.59. The molecule has 7 heteroatoms. The van der Waals surface area contributed by atoms with Crippen LogP contribution in [-0.2, 0) is 5.12 Å². The van der Waals surface area contributed by atoms with Crippen LogP contribution >= 0.6 is 11.6 Å². The second-order valence-electron chi connectivity index (χ2n) is 2.33. The Balaban J connectivity index is 2.62. The minimum Gasteiger partial charge on any atom is -0.330 e. The van der Waals surface area contributed by atoms with Crippen molar-refractivity contribution in [1.29, 1.82) is 0 Å². The molecule has 1 aromatic heterocycles. The predicted molar refractivity (Wildman–Crippen MR) is 42.6 cm³/mol. The van der Waals surface area contributed by atoms with Crippen LogP contribution in [0.5, 0.6) is 0 Å². The van der Waals surface area contributed by atoms with Crippen molar-refractivity contribution in [3.05, 3.63) is 12.0 Å². The summed E-state index contributed by atoms with van der Waals surface area (Å²) in [5.41, 5.74) is 5.47. The molecule has 5 nitrogen and oxygen atoms in total. The van der Waals surface area contributed by atoms with Crippen LogP contribution in [0.1, 0.15) is 5.69 Å². The molecule has 1 aliphatic rings. The fraction of sp³-hybridized carbons (Fsp3) is 0.200. The van der Waals surface area contributed by atoms with E-state index in [1.54, 1.807) is 0 Å². The number of halogens is 2. The molecule has 1 aromatic rings. The Labute approximate surface area is 72.0 Å². The van der Waals surface area contributed by atoms with Crippen molar-refractivity contribution in [3.8, 4) is 0 Å². The smallest absolute Gasteiger partial charge is 0.233 e. The Morgan fingerprint density at radius 2 is 2.50 bits per heavy atom. The lowest BCUT2D eigenvalue weighted by molar-refractivity contribution is 0.337. The second-order valence-corrected chi connectivity index (χ2v) is 2.91. The molecular formula is C5H5ClFN5. The van der Waals surface area contributed by atoms with E-state index in [4.69, 9.17) is 17.3 Å². The number of rotatable bonds is 0. The van der Waals surface area contributed by atoms with Gasteiger partial charge in [-0.05, 0) is 0 Å². The summed E-state index contributed by atoms with van der Waals surface area (Å²) in [6, 6.07) is 0. The highest BCUT2D eigenvalue weighted by Gasteiger charge is 2.34. The summed E-state index contributed by atoms with van der Waals surface area (Å²) in [4.78, 5) is 7.56. The average molecular weight is 190 g/mol. The number of nitrogens with zero attached hydrogens (tertiary/aromatic N) is 3. The zero-order chi connectivity index (χ0) is 8.77. The van der Waals surface area contributed by atoms with E-state index < -0.39 is 5.12 Å². The predicted octanol–water partition coefficient (Wildman–Crippen LogP) is 0.377. The molecule has 2 rings (SSSR count). The standard InChI is InChI=1S/C5H5ClFN5/c6-5(8)3-4(9-1-11-5)10-2-12(3)7/h1-2H,8H2,(H,9,11). The van der Waals surface area contributed by atoms with Gasteiger partial charge < -0.3 is 5.32 Å². The Morgan fingerprint density at radius 3 is 3.17 bits per heavy atom. The molecule has 0 aliphatic carbocycles. The molecule has 0 aromatic carbocycles. The third-order valence-corrected chi connectivity index (χ3v) is 1.79. The first-order valence-corrected chi connectivity index (χ1v) is 3.51. The van der Waals surface area contributed by atoms with Crippen molar-refractivity contribution in [3.63, 3.8) is 0 Å². The van der Waals surface area contributed by atoms with Crippen molar-refractivity contribution in [1.82, 2.24) is 9.77 Å². The van der Waals surface area contributed by atoms with Crippen molar-refractivity contribution in [2.75, 3.05) is 5.32 Å². The number of hydrogen-bond acceptors (Lipinski definition) is 4. The van der Waals surface area contributed by atoms with E-state index >= 15 is 0 Å². The van der Waals surface area contributed by atoms with Gasteiger partial charge in [0.25, 0.3) is 0 Å². The van der Waals surface area contributed by atoms with Crippen molar-refractivity contribution in [2.24, 2.45) is 10.7 Å². The molecule has 2 heterocycles. The van der Waals surface area contributed by atoms with Crippen molar-refractivity contribution < 1.29 is 4.48 Å². The number of imidazole rings is 1. The highest BCUT2D eigenvalue weighted by Crippen LogP contribution is 2.32. The number of nitrogens with two attached hydrogens (primary N) is 1. The summed E-state index contributed by atoms with van der Waals surface area (Å²) in [7, 11) is 0. The molecule has 0 spiro atoms. The molecule has 0 bridgehead atoms. The van der Waals surface area contributed by atoms with Gasteiger partial charge in [-0.1, -0.05) is 16.1 Å². The summed E-state index contributed by atoms with van der Waals surface area (Å²) < 4.78 is 12.9. The normalized spacial score (nSPS) is 26.6. The van der Waals surface area contributed by atoms with Gasteiger partial charge in [0.2, 0.25) is 5.12 Å². The maximum atomic E-state index is 12.9. The maximum absolute atomic E-state index is 12.9. The van der Waals surface area contributed by atoms with Crippen molar-refractivity contribution in [2.45, 2.75) is 5.12 Å². The fourth-order valence-corrected chi connectivity index (χ4v) is 1.22. The van der Waals surface area contributed by atoms with Gasteiger partial charge in [0.05, 0.1) is 6.34 Å². The molecule has 0 saturated heterocycles. The quantitative estimate of drug-likeness (QED) is 0.458. The minimum atomic E-state index is -1.56. The number of alkyl halides is 1. The molecular weight excluding hydrogens is 185 g/mol. The average Bonchev–Trinajstić information content (AvgIpc) is 2.32. The van der Waals surface area contributed by atoms with E-state index in [-0.39, 0.29) is 16.3 Å². The Kier molecular flexibility index (Phi) is 1.36. The summed E-state index contributed by atoms with van der Waals surface area (Å²) in [5.74, 6) is 0.282. The summed E-state index contributed by atoms with van der Waals surface area (Å²) in [6.45, 7) is 0. The topological polar surface area (TPSA) is 68.2 Å². The van der Waals surface area contributed by atoms with Crippen LogP contribution in [0.3, 0.4) is 0 Å². The lowest BCUT2D eigenvalue weighted by Gasteiger charge is -2.20. The molecule has 1 aliphatic heterocycles. The van der Waals surface area contributed by atoms with Crippen LogP contribution in [-0.4, -0.2) is 16.1 Å². The monoisotopic (exact) mass is 189 g/mol. The minimum absolute atomic E-state index is 0.00617. The van der Waals surface area contributed by atoms with Gasteiger partial charge in [0.15, 0.2) is 11.5 Å². The molecule has 64 valence electrons. The van der Waals surface area contributed by atoms with Crippen LogP contribution in [0.4, 0.5) is 10.3 Å². The number of fused-ring (bicyclic) bond motifs is 1. The zero-order valence-electron chi connectivity index (χ0n) is 5.83. The van der Waals surface area contributed by atoms with E-state index in [9.17, 15) is 4.48 Å². The SMILES string of the molecule is NC1(Cl)N=CNc2ncn(F)c21. The molecule has 0 radical (unpaired) electrons. The summed E-state index contributed by atoms with van der Waals surface area (Å²) in [5, 5.41) is 1.05. The fourth-order valence-electron chi connectivity index (χ4n) is 0.998. The lowest BCUT2D eigenvalue weighted by Crippen LogP contribution is -2.33. The van der Waals surface area contributed by atoms with Gasteiger partial charge in [-0.3, -0.25) is 5.73 Å². The number of hydrogen-bond donors (Lipinski definition) is 2. The van der Waals surface area contributed by atoms with Gasteiger partial charge in [-0.2, -0.15) is 4.79 Å². The summed E-state index contributed by atoms with van der Waals surface area (Å²) in [6.07, 6.45) is 2.25. The largest absolute Gasteiger partial charge is 0.330 e. The molecule has 12 heavy (non-hydrogen) atoms. The molecule has 0 fully saturated rings. The number of anilines is 1. The van der Waals surface area contributed by atoms with Crippen molar-refractivity contribution >= 4 is 23.8 Å². The van der Waals surface area contributed by atoms with Crippen LogP contribution in [0.2, 0.25) is 0 Å². The summed E-state index contributed by atoms with van der Waals surface area (Å²) >= 11 is 5.69. The third kappa shape index (κ3) is 0.886. The van der Waals surface area contributed by atoms with Gasteiger partial charge in [-0.15, -0.1) is 0 Å². The second kappa shape index (κ2) is 2.18. The van der Waals surface area contributed by atoms with Crippen LogP contribution < -0.4 is 11.1 Å². The highest BCUT2D eigenvalue weighted by atomic mass is 35.5. The van der Waals surface area contributed by atoms with Gasteiger partial charge in [0.1, 0.15) is 6.33 Å². The number of aromatic nitrogens is 2.